The number of nitrogens with one attached hydrogen (secondary N) is 1. The second-order valence-corrected chi connectivity index (χ2v) is 10.9. The second kappa shape index (κ2) is 12.0. The van der Waals surface area contributed by atoms with Crippen LogP contribution >= 0.6 is 0 Å². The van der Waals surface area contributed by atoms with Gasteiger partial charge in [0.1, 0.15) is 12.3 Å². The molecule has 14 heteroatoms. The molecule has 1 aliphatic rings. The van der Waals surface area contributed by atoms with Crippen LogP contribution in [-0.2, 0) is 14.6 Å². The summed E-state index contributed by atoms with van der Waals surface area (Å²) in [4.78, 5) is 28.0. The molecule has 13 nitrogen and oxygen atoms in total. The van der Waals surface area contributed by atoms with E-state index in [4.69, 9.17) is 26.4 Å². The first kappa shape index (κ1) is 29.2. The van der Waals surface area contributed by atoms with E-state index in [-0.39, 0.29) is 34.1 Å². The smallest absolute Gasteiger partial charge is 0.330 e. The van der Waals surface area contributed by atoms with E-state index >= 15 is 0 Å². The highest BCUT2D eigenvalue weighted by molar-refractivity contribution is 7.91. The van der Waals surface area contributed by atoms with Gasteiger partial charge in [-0.15, -0.1) is 0 Å². The maximum atomic E-state index is 12.7. The fourth-order valence-electron chi connectivity index (χ4n) is 4.14. The number of nitrogen functional groups attached to an aromatic ring is 1. The highest BCUT2D eigenvalue weighted by Crippen LogP contribution is 2.30. The number of sulfone groups is 1. The number of H-pyrrole nitrogens is 1. The van der Waals surface area contributed by atoms with Crippen LogP contribution in [0.4, 0.5) is 5.69 Å². The molecule has 0 aliphatic carbocycles. The first-order valence-corrected chi connectivity index (χ1v) is 13.2. The van der Waals surface area contributed by atoms with Gasteiger partial charge in [-0.3, -0.25) is 14.3 Å². The Morgan fingerprint density at radius 3 is 2.51 bits per heavy atom. The number of aromatic nitrogens is 2. The van der Waals surface area contributed by atoms with E-state index < -0.39 is 39.5 Å². The quantitative estimate of drug-likeness (QED) is 0.184. The molecule has 3 aromatic rings. The van der Waals surface area contributed by atoms with Crippen molar-refractivity contribution >= 4 is 15.5 Å². The Morgan fingerprint density at radius 1 is 1.26 bits per heavy atom. The predicted octanol–water partition coefficient (Wildman–Crippen LogP) is 2.39. The lowest BCUT2D eigenvalue weighted by Gasteiger charge is -2.14. The third-order valence-corrected chi connectivity index (χ3v) is 7.78. The molecule has 1 aromatic heterocycles. The van der Waals surface area contributed by atoms with Crippen molar-refractivity contribution in [3.05, 3.63) is 96.1 Å². The third kappa shape index (κ3) is 6.36. The number of aliphatic hydroxyl groups is 1. The van der Waals surface area contributed by atoms with Crippen LogP contribution in [0.5, 0.6) is 0 Å². The van der Waals surface area contributed by atoms with Crippen molar-refractivity contribution in [1.82, 2.24) is 9.55 Å². The van der Waals surface area contributed by atoms with Gasteiger partial charge in [0, 0.05) is 23.1 Å². The predicted molar refractivity (Wildman–Crippen MR) is 142 cm³/mol. The number of aliphatic hydroxyl groups excluding tert-OH is 1. The van der Waals surface area contributed by atoms with Crippen LogP contribution in [0.25, 0.3) is 10.4 Å². The average molecular weight is 554 g/mol. The molecule has 4 N–H and O–H groups in total. The lowest BCUT2D eigenvalue weighted by Crippen LogP contribution is -2.33. The van der Waals surface area contributed by atoms with Crippen molar-refractivity contribution < 1.29 is 18.3 Å². The van der Waals surface area contributed by atoms with E-state index in [0.29, 0.717) is 5.56 Å². The van der Waals surface area contributed by atoms with Gasteiger partial charge < -0.3 is 15.6 Å². The minimum Gasteiger partial charge on any atom is -0.398 e. The zero-order valence-electron chi connectivity index (χ0n) is 21.4. The zero-order valence-corrected chi connectivity index (χ0v) is 22.2. The fraction of sp³-hybridized carbons (Fsp3) is 0.320. The highest BCUT2D eigenvalue weighted by atomic mass is 32.2. The van der Waals surface area contributed by atoms with Gasteiger partial charge in [-0.05, 0) is 61.7 Å². The molecule has 0 bridgehead atoms. The SMILES string of the molecule is Cc1cc(C)cc(S(=O)(=O)c2cccc(N)c2C#N)c1.Cc1cn([C@H]2C[C@H](N=[N+]=[N-])[C@@H](CO)O2)c(=O)[nH]c1=O. The van der Waals surface area contributed by atoms with E-state index in [9.17, 15) is 18.0 Å². The minimum atomic E-state index is -3.75. The van der Waals surface area contributed by atoms with Crippen LogP contribution in [0, 0.1) is 32.1 Å². The average Bonchev–Trinajstić information content (AvgIpc) is 3.28. The summed E-state index contributed by atoms with van der Waals surface area (Å²) in [6.45, 7) is 4.92. The van der Waals surface area contributed by atoms with E-state index in [1.807, 2.05) is 26.0 Å². The summed E-state index contributed by atoms with van der Waals surface area (Å²) in [5.74, 6) is 0. The zero-order chi connectivity index (χ0) is 28.9. The van der Waals surface area contributed by atoms with Gasteiger partial charge >= 0.3 is 5.69 Å². The topological polar surface area (TPSA) is 217 Å². The molecule has 3 atom stereocenters. The van der Waals surface area contributed by atoms with Crippen LogP contribution in [0.15, 0.2) is 67.1 Å². The Morgan fingerprint density at radius 2 is 1.92 bits per heavy atom. The fourth-order valence-corrected chi connectivity index (χ4v) is 5.77. The van der Waals surface area contributed by atoms with Crippen LogP contribution in [0.3, 0.4) is 0 Å². The van der Waals surface area contributed by atoms with Crippen molar-refractivity contribution in [2.24, 2.45) is 5.11 Å². The van der Waals surface area contributed by atoms with Gasteiger partial charge in [0.15, 0.2) is 0 Å². The van der Waals surface area contributed by atoms with Crippen LogP contribution in [0.1, 0.15) is 34.9 Å². The van der Waals surface area contributed by atoms with E-state index in [1.54, 1.807) is 19.1 Å². The summed E-state index contributed by atoms with van der Waals surface area (Å²) < 4.78 is 32.0. The monoisotopic (exact) mass is 553 g/mol. The second-order valence-electron chi connectivity index (χ2n) is 8.96. The Labute approximate surface area is 223 Å². The van der Waals surface area contributed by atoms with Crippen molar-refractivity contribution in [2.75, 3.05) is 12.3 Å². The Bertz CT molecular complexity index is 1680. The molecule has 2 aromatic carbocycles. The Kier molecular flexibility index (Phi) is 8.95. The number of ether oxygens (including phenoxy) is 1. The molecule has 1 fully saturated rings. The number of anilines is 1. The number of nitriles is 1. The molecule has 204 valence electrons. The molecule has 0 spiro atoms. The summed E-state index contributed by atoms with van der Waals surface area (Å²) in [6.07, 6.45) is 0.329. The number of hydrogen-bond donors (Lipinski definition) is 3. The van der Waals surface area contributed by atoms with Crippen molar-refractivity contribution in [3.8, 4) is 6.07 Å². The number of aryl methyl sites for hydroxylation is 3. The molecule has 39 heavy (non-hydrogen) atoms. The van der Waals surface area contributed by atoms with Gasteiger partial charge in [-0.25, -0.2) is 13.2 Å². The van der Waals surface area contributed by atoms with Gasteiger partial charge in [-0.1, -0.05) is 17.2 Å². The molecule has 0 amide bonds. The molecule has 2 heterocycles. The number of azide groups is 1. The maximum Gasteiger partial charge on any atom is 0.330 e. The Hall–Kier alpha value is -4.41. The summed E-state index contributed by atoms with van der Waals surface area (Å²) in [7, 11) is -3.75. The summed E-state index contributed by atoms with van der Waals surface area (Å²) in [6, 6.07) is 10.8. The standard InChI is InChI=1S/C15H14N2O2S.C10H13N5O4/c1-10-6-11(2)8-12(7-10)20(18,19)15-5-3-4-14(17)13(15)9-16;1-5-3-15(10(18)12-9(5)17)8-2-6(13-14-11)7(4-16)19-8/h3-8H,17H2,1-2H3;3,6-8,16H,2,4H2,1H3,(H,12,17,18)/t;6-,7+,8+/m.0/s1. The van der Waals surface area contributed by atoms with Crippen molar-refractivity contribution in [2.45, 2.75) is 55.4 Å². The Balaban J connectivity index is 0.000000216. The molecule has 1 saturated heterocycles. The number of rotatable bonds is 5. The van der Waals surface area contributed by atoms with Gasteiger partial charge in [0.05, 0.1) is 39.8 Å². The van der Waals surface area contributed by atoms with Crippen molar-refractivity contribution in [3.63, 3.8) is 0 Å². The molecule has 0 saturated carbocycles. The number of benzene rings is 2. The number of nitrogens with zero attached hydrogens (tertiary/aromatic N) is 5. The van der Waals surface area contributed by atoms with E-state index in [2.05, 4.69) is 15.0 Å². The molecular weight excluding hydrogens is 526 g/mol. The van der Waals surface area contributed by atoms with Crippen LogP contribution in [0.2, 0.25) is 0 Å². The number of aromatic amines is 1. The summed E-state index contributed by atoms with van der Waals surface area (Å²) >= 11 is 0. The lowest BCUT2D eigenvalue weighted by molar-refractivity contribution is -0.0271. The summed E-state index contributed by atoms with van der Waals surface area (Å²) in [5, 5.41) is 21.8. The first-order chi connectivity index (χ1) is 18.4. The molecule has 0 radical (unpaired) electrons. The van der Waals surface area contributed by atoms with Gasteiger partial charge in [0.2, 0.25) is 9.84 Å². The largest absolute Gasteiger partial charge is 0.398 e. The lowest BCUT2D eigenvalue weighted by atomic mass is 10.1. The number of hydrogen-bond acceptors (Lipinski definition) is 9. The maximum absolute atomic E-state index is 12.7. The van der Waals surface area contributed by atoms with Gasteiger partial charge in [0.25, 0.3) is 5.56 Å². The summed E-state index contributed by atoms with van der Waals surface area (Å²) in [5.41, 5.74) is 15.3. The highest BCUT2D eigenvalue weighted by Gasteiger charge is 2.35. The van der Waals surface area contributed by atoms with Gasteiger partial charge in [-0.2, -0.15) is 5.26 Å². The van der Waals surface area contributed by atoms with Crippen LogP contribution in [-0.4, -0.2) is 41.8 Å². The minimum absolute atomic E-state index is 0.00772. The molecule has 4 rings (SSSR count). The van der Waals surface area contributed by atoms with Crippen LogP contribution < -0.4 is 17.0 Å². The first-order valence-electron chi connectivity index (χ1n) is 11.7. The normalized spacial score (nSPS) is 18.4. The molecular formula is C25H27N7O6S. The number of nitrogens with two attached hydrogens (primary N) is 1. The van der Waals surface area contributed by atoms with Crippen molar-refractivity contribution in [1.29, 1.82) is 5.26 Å². The molecule has 0 unspecified atom stereocenters. The molecule has 1 aliphatic heterocycles. The van der Waals surface area contributed by atoms with E-state index in [0.717, 1.165) is 11.1 Å². The third-order valence-electron chi connectivity index (χ3n) is 6.01. The van der Waals surface area contributed by atoms with E-state index in [1.165, 1.54) is 29.0 Å².